The van der Waals surface area contributed by atoms with Crippen LogP contribution in [-0.2, 0) is 17.4 Å². The average molecular weight is 342 g/mol. The first-order chi connectivity index (χ1) is 11.9. The minimum atomic E-state index is -0.982. The van der Waals surface area contributed by atoms with Gasteiger partial charge in [0.25, 0.3) is 0 Å². The molecule has 1 aromatic carbocycles. The number of anilines is 1. The van der Waals surface area contributed by atoms with Gasteiger partial charge in [-0.2, -0.15) is 5.10 Å². The maximum atomic E-state index is 11.8. The summed E-state index contributed by atoms with van der Waals surface area (Å²) in [7, 11) is 1.84. The number of rotatable bonds is 6. The fourth-order valence-corrected chi connectivity index (χ4v) is 3.14. The van der Waals surface area contributed by atoms with Crippen LogP contribution in [0.5, 0.6) is 0 Å². The molecule has 2 heterocycles. The second-order valence-corrected chi connectivity index (χ2v) is 7.02. The van der Waals surface area contributed by atoms with E-state index in [2.05, 4.69) is 17.3 Å². The van der Waals surface area contributed by atoms with E-state index in [9.17, 15) is 9.90 Å². The highest BCUT2D eigenvalue weighted by molar-refractivity contribution is 5.95. The maximum absolute atomic E-state index is 11.8. The molecule has 0 radical (unpaired) electrons. The number of carbonyl (C=O) groups is 1. The average Bonchev–Trinajstić information content (AvgIpc) is 3.22. The molecule has 0 bridgehead atoms. The van der Waals surface area contributed by atoms with Crippen molar-refractivity contribution >= 4 is 11.6 Å². The second kappa shape index (κ2) is 6.98. The molecule has 2 atom stereocenters. The Morgan fingerprint density at radius 2 is 2.08 bits per heavy atom. The molecule has 3 rings (SSSR count). The van der Waals surface area contributed by atoms with E-state index in [0.717, 1.165) is 29.8 Å². The monoisotopic (exact) mass is 342 g/mol. The number of aliphatic hydroxyl groups is 1. The van der Waals surface area contributed by atoms with Crippen LogP contribution >= 0.6 is 0 Å². The van der Waals surface area contributed by atoms with Gasteiger partial charge in [0, 0.05) is 50.0 Å². The van der Waals surface area contributed by atoms with Crippen molar-refractivity contribution in [2.45, 2.75) is 38.3 Å². The number of aromatic nitrogens is 2. The highest BCUT2D eigenvalue weighted by Gasteiger charge is 2.25. The van der Waals surface area contributed by atoms with Crippen molar-refractivity contribution in [3.05, 3.63) is 47.8 Å². The van der Waals surface area contributed by atoms with Crippen LogP contribution in [0, 0.1) is 0 Å². The van der Waals surface area contributed by atoms with Gasteiger partial charge < -0.3 is 15.3 Å². The second-order valence-electron chi connectivity index (χ2n) is 7.02. The number of hydrogen-bond acceptors (Lipinski definition) is 4. The van der Waals surface area contributed by atoms with E-state index >= 15 is 0 Å². The topological polar surface area (TPSA) is 70.4 Å². The molecule has 1 amide bonds. The van der Waals surface area contributed by atoms with Crippen molar-refractivity contribution < 1.29 is 9.90 Å². The molecule has 2 N–H and O–H groups in total. The molecule has 134 valence electrons. The van der Waals surface area contributed by atoms with Crippen molar-refractivity contribution in [2.75, 3.05) is 18.0 Å². The number of hydrogen-bond donors (Lipinski definition) is 2. The van der Waals surface area contributed by atoms with Gasteiger partial charge in [-0.05, 0) is 38.0 Å². The van der Waals surface area contributed by atoms with Gasteiger partial charge in [0.05, 0.1) is 6.20 Å². The van der Waals surface area contributed by atoms with Crippen molar-refractivity contribution in [1.29, 1.82) is 0 Å². The van der Waals surface area contributed by atoms with Gasteiger partial charge in [-0.15, -0.1) is 0 Å². The van der Waals surface area contributed by atoms with E-state index in [1.165, 1.54) is 0 Å². The first kappa shape index (κ1) is 17.6. The van der Waals surface area contributed by atoms with Crippen LogP contribution in [0.4, 0.5) is 5.69 Å². The Bertz CT molecular complexity index is 736. The summed E-state index contributed by atoms with van der Waals surface area (Å²) in [6.07, 6.45) is 5.09. The van der Waals surface area contributed by atoms with Crippen LogP contribution in [0.15, 0.2) is 36.7 Å². The van der Waals surface area contributed by atoms with E-state index in [-0.39, 0.29) is 11.9 Å². The summed E-state index contributed by atoms with van der Waals surface area (Å²) in [5, 5.41) is 18.1. The van der Waals surface area contributed by atoms with Crippen molar-refractivity contribution in [3.63, 3.8) is 0 Å². The Labute approximate surface area is 148 Å². The lowest BCUT2D eigenvalue weighted by molar-refractivity contribution is -0.117. The predicted octanol–water partition coefficient (Wildman–Crippen LogP) is 2.11. The largest absolute Gasteiger partial charge is 0.384 e. The molecule has 0 unspecified atom stereocenters. The van der Waals surface area contributed by atoms with Crippen LogP contribution in [0.25, 0.3) is 0 Å². The van der Waals surface area contributed by atoms with Crippen molar-refractivity contribution in [3.8, 4) is 0 Å². The summed E-state index contributed by atoms with van der Waals surface area (Å²) >= 11 is 0. The number of benzene rings is 1. The van der Waals surface area contributed by atoms with Crippen LogP contribution < -0.4 is 10.2 Å². The summed E-state index contributed by atoms with van der Waals surface area (Å²) < 4.78 is 1.69. The van der Waals surface area contributed by atoms with Gasteiger partial charge in [-0.25, -0.2) is 0 Å². The van der Waals surface area contributed by atoms with Gasteiger partial charge in [-0.3, -0.25) is 9.48 Å². The minimum Gasteiger partial charge on any atom is -0.384 e. The normalized spacial score (nSPS) is 18.4. The molecule has 1 aliphatic rings. The smallest absolute Gasteiger partial charge is 0.227 e. The summed E-state index contributed by atoms with van der Waals surface area (Å²) in [6, 6.07) is 8.16. The molecule has 0 aliphatic carbocycles. The molecular weight excluding hydrogens is 316 g/mol. The molecule has 1 aliphatic heterocycles. The van der Waals surface area contributed by atoms with Crippen molar-refractivity contribution in [2.24, 2.45) is 7.05 Å². The zero-order valence-corrected chi connectivity index (χ0v) is 15.1. The lowest BCUT2D eigenvalue weighted by Crippen LogP contribution is -2.36. The fraction of sp³-hybridized carbons (Fsp3) is 0.474. The van der Waals surface area contributed by atoms with Crippen LogP contribution in [0.1, 0.15) is 43.9 Å². The Morgan fingerprint density at radius 1 is 1.36 bits per heavy atom. The highest BCUT2D eigenvalue weighted by atomic mass is 16.3. The molecular formula is C19H26N4O2. The van der Waals surface area contributed by atoms with Gasteiger partial charge in [0.2, 0.25) is 5.91 Å². The molecule has 6 heteroatoms. The molecule has 6 nitrogen and oxygen atoms in total. The van der Waals surface area contributed by atoms with Gasteiger partial charge in [0.15, 0.2) is 0 Å². The Morgan fingerprint density at radius 3 is 2.64 bits per heavy atom. The zero-order chi connectivity index (χ0) is 18.0. The predicted molar refractivity (Wildman–Crippen MR) is 97.2 cm³/mol. The number of aryl methyl sites for hydroxylation is 1. The van der Waals surface area contributed by atoms with E-state index in [4.69, 9.17) is 0 Å². The van der Waals surface area contributed by atoms with Crippen LogP contribution in [0.2, 0.25) is 0 Å². The van der Waals surface area contributed by atoms with E-state index in [1.54, 1.807) is 17.8 Å². The van der Waals surface area contributed by atoms with Gasteiger partial charge in [-0.1, -0.05) is 12.1 Å². The quantitative estimate of drug-likeness (QED) is 0.843. The molecule has 1 aromatic heterocycles. The van der Waals surface area contributed by atoms with Crippen molar-refractivity contribution in [1.82, 2.24) is 15.1 Å². The van der Waals surface area contributed by atoms with E-state index in [0.29, 0.717) is 13.0 Å². The molecule has 25 heavy (non-hydrogen) atoms. The summed E-state index contributed by atoms with van der Waals surface area (Å²) in [6.45, 7) is 5.08. The lowest BCUT2D eigenvalue weighted by atomic mass is 9.98. The molecule has 1 saturated heterocycles. The summed E-state index contributed by atoms with van der Waals surface area (Å²) in [4.78, 5) is 13.7. The Balaban J connectivity index is 1.61. The Kier molecular flexibility index (Phi) is 4.92. The molecule has 1 fully saturated rings. The third-order valence-electron chi connectivity index (χ3n) is 4.86. The standard InChI is InChI=1S/C19H26N4O2/c1-14(20-13-19(2,25)16-11-21-22(3)12-16)15-6-8-17(9-7-15)23-10-4-5-18(23)24/h6-9,11-12,14,20,25H,4-5,10,13H2,1-3H3/t14-,19-/m1/s1. The summed E-state index contributed by atoms with van der Waals surface area (Å²) in [5.74, 6) is 0.200. The van der Waals surface area contributed by atoms with E-state index < -0.39 is 5.60 Å². The maximum Gasteiger partial charge on any atom is 0.227 e. The number of carbonyl (C=O) groups excluding carboxylic acids is 1. The number of nitrogens with zero attached hydrogens (tertiary/aromatic N) is 3. The minimum absolute atomic E-state index is 0.0893. The fourth-order valence-electron chi connectivity index (χ4n) is 3.14. The number of amides is 1. The SMILES string of the molecule is C[C@@H](NC[C@@](C)(O)c1cnn(C)c1)c1ccc(N2CCCC2=O)cc1. The van der Waals surface area contributed by atoms with Gasteiger partial charge in [0.1, 0.15) is 5.60 Å². The zero-order valence-electron chi connectivity index (χ0n) is 15.1. The van der Waals surface area contributed by atoms with Crippen LogP contribution in [-0.4, -0.2) is 33.9 Å². The Hall–Kier alpha value is -2.18. The van der Waals surface area contributed by atoms with Gasteiger partial charge >= 0.3 is 0 Å². The number of nitrogens with one attached hydrogen (secondary N) is 1. The third kappa shape index (κ3) is 3.91. The highest BCUT2D eigenvalue weighted by Crippen LogP contribution is 2.24. The molecule has 2 aromatic rings. The van der Waals surface area contributed by atoms with E-state index in [1.807, 2.05) is 42.4 Å². The van der Waals surface area contributed by atoms with Crippen LogP contribution in [0.3, 0.4) is 0 Å². The summed E-state index contributed by atoms with van der Waals surface area (Å²) in [5.41, 5.74) is 1.89. The first-order valence-electron chi connectivity index (χ1n) is 8.72. The molecule has 0 spiro atoms. The third-order valence-corrected chi connectivity index (χ3v) is 4.86. The first-order valence-corrected chi connectivity index (χ1v) is 8.72. The lowest BCUT2D eigenvalue weighted by Gasteiger charge is -2.25. The molecule has 0 saturated carbocycles.